The number of aromatic nitrogens is 3. The van der Waals surface area contributed by atoms with Crippen molar-refractivity contribution >= 4 is 23.2 Å². The number of halogens is 1. The molecule has 3 rings (SSSR count). The number of amides is 1. The van der Waals surface area contributed by atoms with E-state index in [0.717, 1.165) is 5.56 Å². The minimum absolute atomic E-state index is 0.227. The predicted octanol–water partition coefficient (Wildman–Crippen LogP) is 4.50. The van der Waals surface area contributed by atoms with Crippen LogP contribution in [0.25, 0.3) is 11.3 Å². The molecule has 0 fully saturated rings. The summed E-state index contributed by atoms with van der Waals surface area (Å²) in [5.41, 5.74) is 3.36. The summed E-state index contributed by atoms with van der Waals surface area (Å²) in [6.07, 6.45) is 0. The number of anilines is 1. The largest absolute Gasteiger partial charge is 0.321 e. The van der Waals surface area contributed by atoms with E-state index in [1.165, 1.54) is 5.56 Å². The third-order valence-electron chi connectivity index (χ3n) is 3.70. The van der Waals surface area contributed by atoms with Crippen LogP contribution in [0.1, 0.15) is 35.8 Å². The zero-order valence-electron chi connectivity index (χ0n) is 13.4. The first-order chi connectivity index (χ1) is 11.5. The molecule has 0 radical (unpaired) electrons. The third kappa shape index (κ3) is 3.46. The van der Waals surface area contributed by atoms with Gasteiger partial charge in [0.2, 0.25) is 0 Å². The van der Waals surface area contributed by atoms with Gasteiger partial charge in [0.15, 0.2) is 5.69 Å². The van der Waals surface area contributed by atoms with Gasteiger partial charge < -0.3 is 5.32 Å². The molecule has 0 saturated carbocycles. The van der Waals surface area contributed by atoms with E-state index < -0.39 is 0 Å². The molecule has 0 bridgehead atoms. The van der Waals surface area contributed by atoms with Gasteiger partial charge in [0, 0.05) is 16.3 Å². The number of hydrogen-bond acceptors (Lipinski definition) is 3. The zero-order valence-corrected chi connectivity index (χ0v) is 14.1. The van der Waals surface area contributed by atoms with Crippen LogP contribution in [0.15, 0.2) is 48.5 Å². The van der Waals surface area contributed by atoms with Crippen LogP contribution in [0, 0.1) is 0 Å². The highest BCUT2D eigenvalue weighted by atomic mass is 35.5. The van der Waals surface area contributed by atoms with Gasteiger partial charge >= 0.3 is 0 Å². The van der Waals surface area contributed by atoms with E-state index in [9.17, 15) is 4.79 Å². The molecular formula is C18H17ClN4O. The molecule has 0 aliphatic rings. The van der Waals surface area contributed by atoms with Crippen LogP contribution in [-0.2, 0) is 0 Å². The molecule has 3 aromatic rings. The number of carbonyl (C=O) groups is 1. The molecular weight excluding hydrogens is 324 g/mol. The highest BCUT2D eigenvalue weighted by Gasteiger charge is 2.18. The Kier molecular flexibility index (Phi) is 4.62. The monoisotopic (exact) mass is 340 g/mol. The molecule has 0 aliphatic carbocycles. The molecule has 1 aromatic heterocycles. The van der Waals surface area contributed by atoms with Crippen molar-refractivity contribution in [3.63, 3.8) is 0 Å². The normalized spacial score (nSPS) is 10.8. The van der Waals surface area contributed by atoms with E-state index in [2.05, 4.69) is 34.6 Å². The summed E-state index contributed by atoms with van der Waals surface area (Å²) in [6.45, 7) is 4.25. The van der Waals surface area contributed by atoms with E-state index in [4.69, 9.17) is 11.6 Å². The number of benzene rings is 2. The summed E-state index contributed by atoms with van der Waals surface area (Å²) in [6, 6.07) is 14.9. The van der Waals surface area contributed by atoms with Crippen LogP contribution < -0.4 is 5.32 Å². The van der Waals surface area contributed by atoms with Crippen molar-refractivity contribution in [2.24, 2.45) is 0 Å². The molecule has 0 unspecified atom stereocenters. The standard InChI is InChI=1S/C18H17ClN4O/c1-11(2)12-6-8-15(9-7-12)20-18(24)17-16(21-23-22-17)13-4-3-5-14(19)10-13/h3-11H,1-2H3,(H,20,24)(H,21,22,23). The zero-order chi connectivity index (χ0) is 17.1. The summed E-state index contributed by atoms with van der Waals surface area (Å²) in [7, 11) is 0. The highest BCUT2D eigenvalue weighted by molar-refractivity contribution is 6.30. The lowest BCUT2D eigenvalue weighted by molar-refractivity contribution is 0.102. The predicted molar refractivity (Wildman–Crippen MR) is 95.3 cm³/mol. The van der Waals surface area contributed by atoms with Crippen molar-refractivity contribution in [2.75, 3.05) is 5.32 Å². The Hall–Kier alpha value is -2.66. The Bertz CT molecular complexity index is 855. The van der Waals surface area contributed by atoms with E-state index in [1.54, 1.807) is 18.2 Å². The molecule has 6 heteroatoms. The lowest BCUT2D eigenvalue weighted by Crippen LogP contribution is -2.13. The number of hydrogen-bond donors (Lipinski definition) is 2. The molecule has 0 saturated heterocycles. The fourth-order valence-electron chi connectivity index (χ4n) is 2.37. The summed E-state index contributed by atoms with van der Waals surface area (Å²) in [5.74, 6) is 0.121. The third-order valence-corrected chi connectivity index (χ3v) is 3.93. The smallest absolute Gasteiger partial charge is 0.278 e. The highest BCUT2D eigenvalue weighted by Crippen LogP contribution is 2.24. The maximum atomic E-state index is 12.5. The average Bonchev–Trinajstić information content (AvgIpc) is 3.05. The van der Waals surface area contributed by atoms with Crippen molar-refractivity contribution in [3.8, 4) is 11.3 Å². The number of H-pyrrole nitrogens is 1. The van der Waals surface area contributed by atoms with Crippen LogP contribution in [0.2, 0.25) is 5.02 Å². The molecule has 2 N–H and O–H groups in total. The minimum atomic E-state index is -0.323. The van der Waals surface area contributed by atoms with Crippen molar-refractivity contribution in [2.45, 2.75) is 19.8 Å². The average molecular weight is 341 g/mol. The van der Waals surface area contributed by atoms with Gasteiger partial charge in [-0.2, -0.15) is 15.4 Å². The number of aromatic amines is 1. The van der Waals surface area contributed by atoms with Gasteiger partial charge in [-0.1, -0.05) is 49.7 Å². The fourth-order valence-corrected chi connectivity index (χ4v) is 2.56. The molecule has 2 aromatic carbocycles. The molecule has 24 heavy (non-hydrogen) atoms. The van der Waals surface area contributed by atoms with Crippen molar-refractivity contribution in [1.82, 2.24) is 15.4 Å². The minimum Gasteiger partial charge on any atom is -0.321 e. The topological polar surface area (TPSA) is 70.7 Å². The maximum Gasteiger partial charge on any atom is 0.278 e. The number of rotatable bonds is 4. The first-order valence-corrected chi connectivity index (χ1v) is 8.00. The Balaban J connectivity index is 1.82. The lowest BCUT2D eigenvalue weighted by atomic mass is 10.0. The first-order valence-electron chi connectivity index (χ1n) is 7.62. The van der Waals surface area contributed by atoms with E-state index >= 15 is 0 Å². The SMILES string of the molecule is CC(C)c1ccc(NC(=O)c2n[nH]nc2-c2cccc(Cl)c2)cc1. The Labute approximate surface area is 145 Å². The van der Waals surface area contributed by atoms with Gasteiger partial charge in [0.1, 0.15) is 5.69 Å². The quantitative estimate of drug-likeness (QED) is 0.734. The van der Waals surface area contributed by atoms with Gasteiger partial charge in [0.05, 0.1) is 0 Å². The second-order valence-corrected chi connectivity index (χ2v) is 6.20. The van der Waals surface area contributed by atoms with Gasteiger partial charge in [-0.3, -0.25) is 4.79 Å². The molecule has 1 heterocycles. The van der Waals surface area contributed by atoms with Crippen LogP contribution >= 0.6 is 11.6 Å². The summed E-state index contributed by atoms with van der Waals surface area (Å²) >= 11 is 6.00. The molecule has 122 valence electrons. The van der Waals surface area contributed by atoms with Crippen molar-refractivity contribution in [1.29, 1.82) is 0 Å². The first kappa shape index (κ1) is 16.2. The summed E-state index contributed by atoms with van der Waals surface area (Å²) in [4.78, 5) is 12.5. The number of carbonyl (C=O) groups excluding carboxylic acids is 1. The molecule has 1 amide bonds. The summed E-state index contributed by atoms with van der Waals surface area (Å²) in [5, 5.41) is 14.0. The van der Waals surface area contributed by atoms with Gasteiger partial charge in [-0.05, 0) is 35.7 Å². The molecule has 0 atom stereocenters. The van der Waals surface area contributed by atoms with E-state index in [-0.39, 0.29) is 11.6 Å². The second kappa shape index (κ2) is 6.84. The van der Waals surface area contributed by atoms with E-state index in [0.29, 0.717) is 22.3 Å². The number of nitrogens with one attached hydrogen (secondary N) is 2. The van der Waals surface area contributed by atoms with E-state index in [1.807, 2.05) is 30.3 Å². The van der Waals surface area contributed by atoms with Crippen molar-refractivity contribution < 1.29 is 4.79 Å². The molecule has 0 spiro atoms. The molecule has 5 nitrogen and oxygen atoms in total. The Morgan fingerprint density at radius 2 is 1.88 bits per heavy atom. The Morgan fingerprint density at radius 3 is 2.54 bits per heavy atom. The molecule has 0 aliphatic heterocycles. The van der Waals surface area contributed by atoms with Crippen LogP contribution in [-0.4, -0.2) is 21.3 Å². The summed E-state index contributed by atoms with van der Waals surface area (Å²) < 4.78 is 0. The fraction of sp³-hybridized carbons (Fsp3) is 0.167. The lowest BCUT2D eigenvalue weighted by Gasteiger charge is -2.08. The second-order valence-electron chi connectivity index (χ2n) is 5.76. The van der Waals surface area contributed by atoms with Crippen LogP contribution in [0.4, 0.5) is 5.69 Å². The van der Waals surface area contributed by atoms with Gasteiger partial charge in [-0.25, -0.2) is 0 Å². The van der Waals surface area contributed by atoms with Gasteiger partial charge in [-0.15, -0.1) is 0 Å². The van der Waals surface area contributed by atoms with Crippen molar-refractivity contribution in [3.05, 3.63) is 64.8 Å². The van der Waals surface area contributed by atoms with Crippen LogP contribution in [0.3, 0.4) is 0 Å². The number of nitrogens with zero attached hydrogens (tertiary/aromatic N) is 2. The van der Waals surface area contributed by atoms with Gasteiger partial charge in [0.25, 0.3) is 5.91 Å². The Morgan fingerprint density at radius 1 is 1.12 bits per heavy atom. The van der Waals surface area contributed by atoms with Crippen LogP contribution in [0.5, 0.6) is 0 Å². The maximum absolute atomic E-state index is 12.5.